The fourth-order valence-electron chi connectivity index (χ4n) is 2.57. The maximum absolute atomic E-state index is 13.7. The molecule has 1 aromatic carbocycles. The molecule has 0 amide bonds. The summed E-state index contributed by atoms with van der Waals surface area (Å²) in [7, 11) is 1.27. The molecule has 0 saturated heterocycles. The van der Waals surface area contributed by atoms with Crippen molar-refractivity contribution in [1.82, 2.24) is 34.6 Å². The summed E-state index contributed by atoms with van der Waals surface area (Å²) < 4.78 is 21.1. The van der Waals surface area contributed by atoms with Crippen molar-refractivity contribution >= 4 is 22.9 Å². The van der Waals surface area contributed by atoms with Crippen LogP contribution in [0.25, 0.3) is 22.6 Å². The normalized spacial score (nSPS) is 11.3. The average Bonchev–Trinajstić information content (AvgIpc) is 3.22. The molecule has 1 N–H and O–H groups in total. The molecule has 0 aliphatic heterocycles. The van der Waals surface area contributed by atoms with Crippen molar-refractivity contribution in [3.05, 3.63) is 41.6 Å². The van der Waals surface area contributed by atoms with E-state index in [1.165, 1.54) is 34.5 Å². The molecule has 0 aliphatic rings. The van der Waals surface area contributed by atoms with Crippen LogP contribution < -0.4 is 0 Å². The largest absolute Gasteiger partial charge is 0.469 e. The summed E-state index contributed by atoms with van der Waals surface area (Å²) in [4.78, 5) is 15.7. The number of carbonyl (C=O) groups is 1. The van der Waals surface area contributed by atoms with Gasteiger partial charge >= 0.3 is 5.97 Å². The first-order valence-electron chi connectivity index (χ1n) is 7.54. The van der Waals surface area contributed by atoms with E-state index in [0.717, 1.165) is 0 Å². The highest BCUT2D eigenvalue weighted by atomic mass is 19.1. The van der Waals surface area contributed by atoms with Crippen LogP contribution in [0.5, 0.6) is 0 Å². The Morgan fingerprint density at radius 2 is 2.15 bits per heavy atom. The number of hydrogen-bond donors (Lipinski definition) is 1. The zero-order chi connectivity index (χ0) is 18.3. The molecule has 3 aromatic heterocycles. The quantitative estimate of drug-likeness (QED) is 0.515. The number of benzene rings is 1. The summed E-state index contributed by atoms with van der Waals surface area (Å²) in [6.45, 7) is -0.381. The van der Waals surface area contributed by atoms with E-state index in [4.69, 9.17) is 0 Å². The van der Waals surface area contributed by atoms with Gasteiger partial charge < -0.3 is 9.84 Å². The van der Waals surface area contributed by atoms with E-state index in [1.807, 2.05) is 0 Å². The van der Waals surface area contributed by atoms with Gasteiger partial charge in [-0.15, -0.1) is 15.3 Å². The zero-order valence-corrected chi connectivity index (χ0v) is 13.5. The third-order valence-electron chi connectivity index (χ3n) is 3.71. The first-order valence-corrected chi connectivity index (χ1v) is 7.54. The summed E-state index contributed by atoms with van der Waals surface area (Å²) >= 11 is 0. The van der Waals surface area contributed by atoms with Crippen LogP contribution in [0.4, 0.5) is 4.39 Å². The second kappa shape index (κ2) is 6.11. The second-order valence-electron chi connectivity index (χ2n) is 5.36. The number of esters is 1. The fourth-order valence-corrected chi connectivity index (χ4v) is 2.57. The van der Waals surface area contributed by atoms with Gasteiger partial charge in [-0.25, -0.2) is 9.07 Å². The molecule has 10 nitrogen and oxygen atoms in total. The molecule has 0 radical (unpaired) electrons. The topological polar surface area (TPSA) is 120 Å². The van der Waals surface area contributed by atoms with Gasteiger partial charge in [0.2, 0.25) is 0 Å². The molecular formula is C15H12FN7O3. The van der Waals surface area contributed by atoms with Gasteiger partial charge in [0.25, 0.3) is 5.78 Å². The van der Waals surface area contributed by atoms with Gasteiger partial charge in [-0.2, -0.15) is 14.6 Å². The number of aliphatic hydroxyl groups excluding tert-OH is 1. The van der Waals surface area contributed by atoms with E-state index in [0.29, 0.717) is 22.5 Å². The van der Waals surface area contributed by atoms with Crippen LogP contribution in [-0.2, 0) is 22.6 Å². The van der Waals surface area contributed by atoms with E-state index in [-0.39, 0.29) is 24.6 Å². The van der Waals surface area contributed by atoms with Gasteiger partial charge in [-0.3, -0.25) is 4.79 Å². The minimum atomic E-state index is -0.507. The van der Waals surface area contributed by atoms with E-state index in [1.54, 1.807) is 6.07 Å². The summed E-state index contributed by atoms with van der Waals surface area (Å²) in [5.74, 6) is -0.669. The maximum atomic E-state index is 13.7. The van der Waals surface area contributed by atoms with Crippen LogP contribution in [0.1, 0.15) is 11.5 Å². The van der Waals surface area contributed by atoms with E-state index >= 15 is 0 Å². The summed E-state index contributed by atoms with van der Waals surface area (Å²) in [6, 6.07) is 5.77. The lowest BCUT2D eigenvalue weighted by molar-refractivity contribution is -0.139. The third kappa shape index (κ3) is 2.54. The van der Waals surface area contributed by atoms with Crippen molar-refractivity contribution in [2.45, 2.75) is 13.0 Å². The average molecular weight is 357 g/mol. The summed E-state index contributed by atoms with van der Waals surface area (Å²) in [5, 5.41) is 25.8. The van der Waals surface area contributed by atoms with Gasteiger partial charge in [0, 0.05) is 0 Å². The highest BCUT2D eigenvalue weighted by Gasteiger charge is 2.21. The Morgan fingerprint density at radius 3 is 2.88 bits per heavy atom. The molecule has 26 heavy (non-hydrogen) atoms. The Balaban J connectivity index is 2.04. The van der Waals surface area contributed by atoms with Crippen LogP contribution in [0, 0.1) is 5.82 Å². The Hall–Kier alpha value is -3.47. The van der Waals surface area contributed by atoms with Crippen LogP contribution >= 0.6 is 0 Å². The minimum absolute atomic E-state index is 0.142. The standard InChI is InChI=1S/C15H12FN7O3/c1-26-12(25)6-10-13-14(22(20-10)9-4-2-3-8(16)5-9)23-15(19-18-13)17-11(7-24)21-23/h2-5,24H,6-7H2,1H3. The number of rotatable bonds is 4. The van der Waals surface area contributed by atoms with Crippen LogP contribution in [0.3, 0.4) is 0 Å². The summed E-state index contributed by atoms with van der Waals surface area (Å²) in [6.07, 6.45) is -0.142. The lowest BCUT2D eigenvalue weighted by Crippen LogP contribution is -2.06. The molecule has 0 fully saturated rings. The molecule has 0 bridgehead atoms. The Kier molecular flexibility index (Phi) is 3.77. The highest BCUT2D eigenvalue weighted by molar-refractivity contribution is 5.82. The Morgan fingerprint density at radius 1 is 1.31 bits per heavy atom. The first kappa shape index (κ1) is 16.0. The highest BCUT2D eigenvalue weighted by Crippen LogP contribution is 2.21. The molecule has 4 rings (SSSR count). The predicted octanol–water partition coefficient (Wildman–Crippen LogP) is 0.205. The zero-order valence-electron chi connectivity index (χ0n) is 13.5. The smallest absolute Gasteiger partial charge is 0.311 e. The number of aromatic nitrogens is 7. The van der Waals surface area contributed by atoms with E-state index < -0.39 is 11.8 Å². The lowest BCUT2D eigenvalue weighted by Gasteiger charge is -2.03. The molecule has 3 heterocycles. The molecule has 0 aliphatic carbocycles. The predicted molar refractivity (Wildman–Crippen MR) is 84.8 cm³/mol. The number of hydrogen-bond acceptors (Lipinski definition) is 8. The molecule has 0 atom stereocenters. The van der Waals surface area contributed by atoms with Gasteiger partial charge in [-0.05, 0) is 18.2 Å². The Bertz CT molecular complexity index is 1140. The van der Waals surface area contributed by atoms with Crippen molar-refractivity contribution in [1.29, 1.82) is 0 Å². The number of ether oxygens (including phenoxy) is 1. The van der Waals surface area contributed by atoms with Gasteiger partial charge in [0.15, 0.2) is 17.0 Å². The number of aliphatic hydroxyl groups is 1. The monoisotopic (exact) mass is 357 g/mol. The third-order valence-corrected chi connectivity index (χ3v) is 3.71. The number of carbonyl (C=O) groups excluding carboxylic acids is 1. The number of fused-ring (bicyclic) bond motifs is 3. The number of nitrogens with zero attached hydrogens (tertiary/aromatic N) is 7. The van der Waals surface area contributed by atoms with Crippen LogP contribution in [0.2, 0.25) is 0 Å². The van der Waals surface area contributed by atoms with Crippen LogP contribution in [-0.4, -0.2) is 52.8 Å². The fraction of sp³-hybridized carbons (Fsp3) is 0.200. The first-order chi connectivity index (χ1) is 12.6. The second-order valence-corrected chi connectivity index (χ2v) is 5.36. The molecule has 0 spiro atoms. The molecule has 0 unspecified atom stereocenters. The molecule has 0 saturated carbocycles. The lowest BCUT2D eigenvalue weighted by atomic mass is 10.3. The SMILES string of the molecule is COC(=O)Cc1nn(-c2cccc(F)c2)c2c1nnc1nc(CO)nn12. The van der Waals surface area contributed by atoms with Gasteiger partial charge in [0.1, 0.15) is 18.1 Å². The van der Waals surface area contributed by atoms with Gasteiger partial charge in [-0.1, -0.05) is 6.07 Å². The number of methoxy groups -OCH3 is 1. The minimum Gasteiger partial charge on any atom is -0.469 e. The molecule has 4 aromatic rings. The number of halogens is 1. The molecule has 132 valence electrons. The van der Waals surface area contributed by atoms with E-state index in [2.05, 4.69) is 30.1 Å². The van der Waals surface area contributed by atoms with Gasteiger partial charge in [0.05, 0.1) is 19.2 Å². The Labute approximate surface area is 144 Å². The van der Waals surface area contributed by atoms with Crippen molar-refractivity contribution in [2.24, 2.45) is 0 Å². The van der Waals surface area contributed by atoms with E-state index in [9.17, 15) is 14.3 Å². The van der Waals surface area contributed by atoms with Crippen LogP contribution in [0.15, 0.2) is 24.3 Å². The maximum Gasteiger partial charge on any atom is 0.311 e. The molecular weight excluding hydrogens is 345 g/mol. The molecule has 11 heteroatoms. The summed E-state index contributed by atoms with van der Waals surface area (Å²) in [5.41, 5.74) is 1.33. The van der Waals surface area contributed by atoms with Crippen molar-refractivity contribution in [2.75, 3.05) is 7.11 Å². The van der Waals surface area contributed by atoms with Crippen molar-refractivity contribution < 1.29 is 19.0 Å². The van der Waals surface area contributed by atoms with Crippen molar-refractivity contribution in [3.63, 3.8) is 0 Å². The van der Waals surface area contributed by atoms with Crippen molar-refractivity contribution in [3.8, 4) is 5.69 Å².